The molecule has 2 bridgehead atoms. The number of hydrogen-bond acceptors (Lipinski definition) is 2. The number of para-hydroxylation sites is 1. The maximum absolute atomic E-state index is 13.3. The number of alkyl halides is 3. The number of halogens is 3. The molecule has 4 aromatic rings. The van der Waals surface area contributed by atoms with Gasteiger partial charge in [-0.1, -0.05) is 55.1 Å². The van der Waals surface area contributed by atoms with E-state index in [1.807, 2.05) is 54.7 Å². The lowest BCUT2D eigenvalue weighted by molar-refractivity contribution is -0.984. The molecule has 0 saturated carbocycles. The van der Waals surface area contributed by atoms with Gasteiger partial charge in [-0.15, -0.1) is 6.58 Å². The van der Waals surface area contributed by atoms with Crippen molar-refractivity contribution in [1.29, 1.82) is 0 Å². The molecular formula is C35H34F3N2O+. The summed E-state index contributed by atoms with van der Waals surface area (Å²) >= 11 is 0. The highest BCUT2D eigenvalue weighted by Gasteiger charge is 2.55. The van der Waals surface area contributed by atoms with Crippen LogP contribution in [-0.4, -0.2) is 28.6 Å². The first-order chi connectivity index (χ1) is 19.8. The second-order valence-corrected chi connectivity index (χ2v) is 11.5. The van der Waals surface area contributed by atoms with E-state index in [9.17, 15) is 13.2 Å². The Hall–Kier alpha value is -3.90. The number of nitrogens with zero attached hydrogens (tertiary/aromatic N) is 2. The normalized spacial score (nSPS) is 24.6. The third-order valence-electron chi connectivity index (χ3n) is 9.15. The quantitative estimate of drug-likeness (QED) is 0.160. The van der Waals surface area contributed by atoms with Gasteiger partial charge in [0.15, 0.2) is 6.10 Å². The second-order valence-electron chi connectivity index (χ2n) is 11.5. The van der Waals surface area contributed by atoms with Gasteiger partial charge in [0, 0.05) is 41.5 Å². The average molecular weight is 556 g/mol. The Balaban J connectivity index is 1.47. The molecule has 1 aromatic heterocycles. The number of aromatic nitrogens is 1. The SMILES string of the molecule is C=Cc1ccc2nccc([C@H](Oc3ccccc3)[C@H]3C[C@@H]4CC[N@@+]3(Cc3ccc(C(F)(F)F)cc3)CC4C=C)c2c1. The standard InChI is InChI=1S/C35H34F3N2O/c1-3-24-12-15-32-31(20-24)30(16-18-39-32)34(41-29-8-6-5-7-9-29)33-21-27-17-19-40(33,23-26(27)4-2)22-25-10-13-28(14-11-25)35(36,37)38/h3-16,18,20,26-27,33-34H,1-2,17,19,21-23H2/q+1/t26?,27-,33+,34-,40+/m0/s1. The number of quaternary nitrogens is 1. The molecule has 3 nitrogen and oxygen atoms in total. The number of ether oxygens (including phenoxy) is 1. The number of fused-ring (bicyclic) bond motifs is 4. The fourth-order valence-corrected chi connectivity index (χ4v) is 7.08. The number of piperidine rings is 3. The first kappa shape index (κ1) is 27.3. The van der Waals surface area contributed by atoms with Gasteiger partial charge >= 0.3 is 6.18 Å². The Morgan fingerprint density at radius 3 is 2.49 bits per heavy atom. The minimum Gasteiger partial charge on any atom is -0.479 e. The molecule has 0 N–H and O–H groups in total. The van der Waals surface area contributed by atoms with Crippen molar-refractivity contribution in [2.75, 3.05) is 13.1 Å². The van der Waals surface area contributed by atoms with Crippen molar-refractivity contribution in [3.63, 3.8) is 0 Å². The lowest BCUT2D eigenvalue weighted by atomic mass is 9.71. The summed E-state index contributed by atoms with van der Waals surface area (Å²) in [5.74, 6) is 1.63. The van der Waals surface area contributed by atoms with Gasteiger partial charge in [0.2, 0.25) is 0 Å². The van der Waals surface area contributed by atoms with E-state index >= 15 is 0 Å². The van der Waals surface area contributed by atoms with Crippen LogP contribution in [0, 0.1) is 11.8 Å². The molecule has 210 valence electrons. The summed E-state index contributed by atoms with van der Waals surface area (Å²) in [7, 11) is 0. The van der Waals surface area contributed by atoms with Crippen LogP contribution in [-0.2, 0) is 12.7 Å². The lowest BCUT2D eigenvalue weighted by Crippen LogP contribution is -2.68. The Labute approximate surface area is 239 Å². The first-order valence-corrected chi connectivity index (χ1v) is 14.2. The zero-order chi connectivity index (χ0) is 28.6. The molecule has 41 heavy (non-hydrogen) atoms. The number of rotatable bonds is 8. The van der Waals surface area contributed by atoms with Gasteiger partial charge in [-0.2, -0.15) is 13.2 Å². The largest absolute Gasteiger partial charge is 0.479 e. The highest BCUT2D eigenvalue weighted by Crippen LogP contribution is 2.49. The molecule has 7 rings (SSSR count). The van der Waals surface area contributed by atoms with Crippen LogP contribution in [0.2, 0.25) is 0 Å². The van der Waals surface area contributed by atoms with Crippen molar-refractivity contribution in [3.05, 3.63) is 127 Å². The second kappa shape index (κ2) is 10.8. The van der Waals surface area contributed by atoms with E-state index in [1.165, 1.54) is 12.1 Å². The maximum Gasteiger partial charge on any atom is 0.416 e. The van der Waals surface area contributed by atoms with Gasteiger partial charge in [-0.25, -0.2) is 0 Å². The van der Waals surface area contributed by atoms with E-state index in [1.54, 1.807) is 12.1 Å². The van der Waals surface area contributed by atoms with E-state index < -0.39 is 11.7 Å². The van der Waals surface area contributed by atoms with Gasteiger partial charge in [-0.3, -0.25) is 4.98 Å². The molecule has 3 saturated heterocycles. The number of pyridine rings is 1. The Bertz CT molecular complexity index is 1550. The smallest absolute Gasteiger partial charge is 0.416 e. The molecule has 6 heteroatoms. The van der Waals surface area contributed by atoms with Crippen molar-refractivity contribution in [1.82, 2.24) is 4.98 Å². The summed E-state index contributed by atoms with van der Waals surface area (Å²) in [6, 6.07) is 23.9. The van der Waals surface area contributed by atoms with Crippen LogP contribution in [0.1, 0.15) is 41.2 Å². The third kappa shape index (κ3) is 5.29. The van der Waals surface area contributed by atoms with Gasteiger partial charge in [0.1, 0.15) is 18.3 Å². The molecular weight excluding hydrogens is 521 g/mol. The van der Waals surface area contributed by atoms with E-state index in [0.717, 1.165) is 63.8 Å². The monoisotopic (exact) mass is 555 g/mol. The summed E-state index contributed by atoms with van der Waals surface area (Å²) < 4.78 is 47.6. The summed E-state index contributed by atoms with van der Waals surface area (Å²) in [6.07, 6.45) is 3.12. The summed E-state index contributed by atoms with van der Waals surface area (Å²) in [4.78, 5) is 4.64. The van der Waals surface area contributed by atoms with E-state index in [4.69, 9.17) is 4.74 Å². The van der Waals surface area contributed by atoms with Gasteiger partial charge in [-0.05, 0) is 53.9 Å². The van der Waals surface area contributed by atoms with Crippen molar-refractivity contribution >= 4 is 17.0 Å². The van der Waals surface area contributed by atoms with Crippen LogP contribution in [0.15, 0.2) is 104 Å². The first-order valence-electron chi connectivity index (χ1n) is 14.2. The highest BCUT2D eigenvalue weighted by molar-refractivity contribution is 5.84. The van der Waals surface area contributed by atoms with E-state index in [2.05, 4.69) is 36.4 Å². The van der Waals surface area contributed by atoms with Gasteiger partial charge in [0.05, 0.1) is 24.2 Å². The minimum absolute atomic E-state index is 0.0884. The van der Waals surface area contributed by atoms with Crippen LogP contribution in [0.5, 0.6) is 5.75 Å². The van der Waals surface area contributed by atoms with Gasteiger partial charge < -0.3 is 9.22 Å². The summed E-state index contributed by atoms with van der Waals surface area (Å²) in [6.45, 7) is 10.6. The molecule has 0 aliphatic carbocycles. The van der Waals surface area contributed by atoms with E-state index in [0.29, 0.717) is 18.4 Å². The van der Waals surface area contributed by atoms with Crippen LogP contribution in [0.4, 0.5) is 13.2 Å². The van der Waals surface area contributed by atoms with Crippen LogP contribution in [0.3, 0.4) is 0 Å². The lowest BCUT2D eigenvalue weighted by Gasteiger charge is -2.58. The third-order valence-corrected chi connectivity index (χ3v) is 9.15. The fourth-order valence-electron chi connectivity index (χ4n) is 7.08. The summed E-state index contributed by atoms with van der Waals surface area (Å²) in [5, 5.41) is 1.03. The molecule has 3 aliphatic rings. The predicted octanol–water partition coefficient (Wildman–Crippen LogP) is 8.63. The van der Waals surface area contributed by atoms with Crippen LogP contribution < -0.4 is 4.74 Å². The van der Waals surface area contributed by atoms with Crippen molar-refractivity contribution in [2.45, 2.75) is 37.7 Å². The Morgan fingerprint density at radius 2 is 1.78 bits per heavy atom. The molecule has 4 heterocycles. The minimum atomic E-state index is -4.35. The van der Waals surface area contributed by atoms with Gasteiger partial charge in [0.25, 0.3) is 0 Å². The molecule has 0 spiro atoms. The zero-order valence-corrected chi connectivity index (χ0v) is 22.9. The van der Waals surface area contributed by atoms with Crippen molar-refractivity contribution < 1.29 is 22.4 Å². The molecule has 3 fully saturated rings. The molecule has 5 atom stereocenters. The fraction of sp³-hybridized carbons (Fsp3) is 0.286. The average Bonchev–Trinajstić information content (AvgIpc) is 2.99. The van der Waals surface area contributed by atoms with Crippen molar-refractivity contribution in [2.24, 2.45) is 11.8 Å². The molecule has 3 aliphatic heterocycles. The van der Waals surface area contributed by atoms with Crippen LogP contribution in [0.25, 0.3) is 17.0 Å². The highest BCUT2D eigenvalue weighted by atomic mass is 19.4. The number of hydrogen-bond donors (Lipinski definition) is 0. The topological polar surface area (TPSA) is 22.1 Å². The summed E-state index contributed by atoms with van der Waals surface area (Å²) in [5.41, 5.74) is 3.25. The Morgan fingerprint density at radius 1 is 1.00 bits per heavy atom. The molecule has 0 radical (unpaired) electrons. The van der Waals surface area contributed by atoms with Crippen LogP contribution >= 0.6 is 0 Å². The zero-order valence-electron chi connectivity index (χ0n) is 22.9. The predicted molar refractivity (Wildman–Crippen MR) is 157 cm³/mol. The maximum atomic E-state index is 13.3. The molecule has 3 aromatic carbocycles. The molecule has 1 unspecified atom stereocenters. The van der Waals surface area contributed by atoms with Crippen molar-refractivity contribution in [3.8, 4) is 5.75 Å². The number of benzene rings is 3. The molecule has 0 amide bonds. The Kier molecular flexibility index (Phi) is 7.20. The van der Waals surface area contributed by atoms with E-state index in [-0.39, 0.29) is 12.1 Å².